The van der Waals surface area contributed by atoms with Crippen LogP contribution >= 0.6 is 0 Å². The van der Waals surface area contributed by atoms with Crippen LogP contribution in [-0.4, -0.2) is 48.9 Å². The summed E-state index contributed by atoms with van der Waals surface area (Å²) in [5, 5.41) is 2.95. The van der Waals surface area contributed by atoms with Gasteiger partial charge in [-0.05, 0) is 43.2 Å². The van der Waals surface area contributed by atoms with E-state index in [0.717, 1.165) is 23.9 Å². The van der Waals surface area contributed by atoms with E-state index in [0.29, 0.717) is 30.4 Å². The van der Waals surface area contributed by atoms with E-state index in [2.05, 4.69) is 15.2 Å². The molecule has 0 saturated carbocycles. The van der Waals surface area contributed by atoms with Gasteiger partial charge in [0.05, 0.1) is 0 Å². The highest BCUT2D eigenvalue weighted by atomic mass is 16.4. The summed E-state index contributed by atoms with van der Waals surface area (Å²) in [7, 11) is 3.41. The van der Waals surface area contributed by atoms with Gasteiger partial charge < -0.3 is 19.5 Å². The predicted molar refractivity (Wildman–Crippen MR) is 112 cm³/mol. The zero-order valence-electron chi connectivity index (χ0n) is 16.6. The number of fused-ring (bicyclic) bond motifs is 1. The van der Waals surface area contributed by atoms with Gasteiger partial charge in [-0.3, -0.25) is 9.59 Å². The molecule has 0 atom stereocenters. The van der Waals surface area contributed by atoms with E-state index >= 15 is 0 Å². The Morgan fingerprint density at radius 2 is 1.86 bits per heavy atom. The van der Waals surface area contributed by atoms with Crippen molar-refractivity contribution in [3.63, 3.8) is 0 Å². The van der Waals surface area contributed by atoms with Crippen molar-refractivity contribution in [2.45, 2.75) is 12.8 Å². The maximum Gasteiger partial charge on any atom is 0.298 e. The summed E-state index contributed by atoms with van der Waals surface area (Å²) in [5.74, 6) is -0.187. The van der Waals surface area contributed by atoms with E-state index in [9.17, 15) is 9.59 Å². The zero-order valence-corrected chi connectivity index (χ0v) is 16.6. The number of hydrogen-bond donors (Lipinski definition) is 1. The summed E-state index contributed by atoms with van der Waals surface area (Å²) in [6, 6.07) is 15.4. The van der Waals surface area contributed by atoms with Crippen LogP contribution in [0.1, 0.15) is 23.2 Å². The standard InChI is InChI=1S/C22H24N4O3/c1-25(2)21(28)16-6-5-7-17(14-16)23-20(27)15-10-12-26(13-11-15)22-24-18-8-3-4-9-19(18)29-22/h3-9,14-15H,10-13H2,1-2H3,(H,23,27). The number of para-hydroxylation sites is 2. The average Bonchev–Trinajstić information content (AvgIpc) is 3.17. The molecule has 2 aromatic carbocycles. The molecule has 29 heavy (non-hydrogen) atoms. The van der Waals surface area contributed by atoms with Gasteiger partial charge in [0.1, 0.15) is 5.52 Å². The number of carbonyl (C=O) groups is 2. The third-order valence-electron chi connectivity index (χ3n) is 5.20. The number of nitrogens with zero attached hydrogens (tertiary/aromatic N) is 3. The molecule has 2 heterocycles. The lowest BCUT2D eigenvalue weighted by Crippen LogP contribution is -2.38. The van der Waals surface area contributed by atoms with Crippen LogP contribution in [0.15, 0.2) is 52.9 Å². The minimum Gasteiger partial charge on any atom is -0.423 e. The van der Waals surface area contributed by atoms with Gasteiger partial charge in [-0.25, -0.2) is 0 Å². The molecule has 7 heteroatoms. The maximum absolute atomic E-state index is 12.7. The number of amides is 2. The van der Waals surface area contributed by atoms with E-state index in [1.165, 1.54) is 4.90 Å². The smallest absolute Gasteiger partial charge is 0.298 e. The number of piperidine rings is 1. The first-order valence-electron chi connectivity index (χ1n) is 9.74. The van der Waals surface area contributed by atoms with Gasteiger partial charge in [-0.1, -0.05) is 18.2 Å². The summed E-state index contributed by atoms with van der Waals surface area (Å²) >= 11 is 0. The number of oxazole rings is 1. The molecule has 0 unspecified atom stereocenters. The lowest BCUT2D eigenvalue weighted by atomic mass is 9.96. The normalized spacial score (nSPS) is 14.8. The Kier molecular flexibility index (Phi) is 5.20. The number of aromatic nitrogens is 1. The topological polar surface area (TPSA) is 78.7 Å². The number of carbonyl (C=O) groups excluding carboxylic acids is 2. The van der Waals surface area contributed by atoms with Crippen molar-refractivity contribution in [1.29, 1.82) is 0 Å². The minimum atomic E-state index is -0.0901. The Balaban J connectivity index is 1.37. The van der Waals surface area contributed by atoms with Crippen LogP contribution in [-0.2, 0) is 4.79 Å². The van der Waals surface area contributed by atoms with Gasteiger partial charge in [-0.2, -0.15) is 4.98 Å². The Morgan fingerprint density at radius 3 is 2.59 bits per heavy atom. The van der Waals surface area contributed by atoms with Crippen molar-refractivity contribution in [3.8, 4) is 0 Å². The second-order valence-electron chi connectivity index (χ2n) is 7.50. The van der Waals surface area contributed by atoms with E-state index in [1.807, 2.05) is 24.3 Å². The molecule has 0 bridgehead atoms. The molecule has 2 amide bonds. The van der Waals surface area contributed by atoms with E-state index in [4.69, 9.17) is 4.42 Å². The van der Waals surface area contributed by atoms with Crippen molar-refractivity contribution in [1.82, 2.24) is 9.88 Å². The van der Waals surface area contributed by atoms with Gasteiger partial charge in [0.25, 0.3) is 11.9 Å². The van der Waals surface area contributed by atoms with Gasteiger partial charge >= 0.3 is 0 Å². The van der Waals surface area contributed by atoms with Gasteiger partial charge in [0.2, 0.25) is 5.91 Å². The fourth-order valence-corrected chi connectivity index (χ4v) is 3.56. The quantitative estimate of drug-likeness (QED) is 0.736. The minimum absolute atomic E-state index is 0.0170. The Morgan fingerprint density at radius 1 is 1.10 bits per heavy atom. The average molecular weight is 392 g/mol. The molecule has 1 aliphatic heterocycles. The summed E-state index contributed by atoms with van der Waals surface area (Å²) in [4.78, 5) is 33.0. The fourth-order valence-electron chi connectivity index (χ4n) is 3.56. The molecule has 1 fully saturated rings. The van der Waals surface area contributed by atoms with Crippen LogP contribution in [0.2, 0.25) is 0 Å². The third kappa shape index (κ3) is 4.08. The highest BCUT2D eigenvalue weighted by Gasteiger charge is 2.27. The van der Waals surface area contributed by atoms with Gasteiger partial charge in [0.15, 0.2) is 5.58 Å². The second-order valence-corrected chi connectivity index (χ2v) is 7.50. The van der Waals surface area contributed by atoms with Crippen molar-refractivity contribution in [2.24, 2.45) is 5.92 Å². The molecular weight excluding hydrogens is 368 g/mol. The highest BCUT2D eigenvalue weighted by molar-refractivity contribution is 5.97. The van der Waals surface area contributed by atoms with Crippen LogP contribution in [0.4, 0.5) is 11.7 Å². The van der Waals surface area contributed by atoms with E-state index in [1.54, 1.807) is 38.4 Å². The van der Waals surface area contributed by atoms with Crippen LogP contribution in [0.3, 0.4) is 0 Å². The summed E-state index contributed by atoms with van der Waals surface area (Å²) in [6.07, 6.45) is 1.45. The zero-order chi connectivity index (χ0) is 20.4. The van der Waals surface area contributed by atoms with Crippen molar-refractivity contribution < 1.29 is 14.0 Å². The van der Waals surface area contributed by atoms with Gasteiger partial charge in [-0.15, -0.1) is 0 Å². The van der Waals surface area contributed by atoms with E-state index in [-0.39, 0.29) is 17.7 Å². The number of benzene rings is 2. The van der Waals surface area contributed by atoms with Crippen molar-refractivity contribution >= 4 is 34.6 Å². The molecule has 1 N–H and O–H groups in total. The predicted octanol–water partition coefficient (Wildman–Crippen LogP) is 3.38. The molecule has 0 radical (unpaired) electrons. The first kappa shape index (κ1) is 19.0. The van der Waals surface area contributed by atoms with Crippen LogP contribution in [0.25, 0.3) is 11.1 Å². The molecule has 4 rings (SSSR count). The maximum atomic E-state index is 12.7. The molecule has 150 valence electrons. The van der Waals surface area contributed by atoms with Crippen LogP contribution in [0.5, 0.6) is 0 Å². The van der Waals surface area contributed by atoms with Crippen molar-refractivity contribution in [2.75, 3.05) is 37.4 Å². The van der Waals surface area contributed by atoms with Gasteiger partial charge in [0, 0.05) is 44.4 Å². The summed E-state index contributed by atoms with van der Waals surface area (Å²) in [6.45, 7) is 1.42. The molecular formula is C22H24N4O3. The van der Waals surface area contributed by atoms with Crippen LogP contribution in [0, 0.1) is 5.92 Å². The lowest BCUT2D eigenvalue weighted by Gasteiger charge is -2.30. The first-order valence-corrected chi connectivity index (χ1v) is 9.74. The fraction of sp³-hybridized carbons (Fsp3) is 0.318. The largest absolute Gasteiger partial charge is 0.423 e. The number of anilines is 2. The molecule has 1 aliphatic rings. The molecule has 0 aliphatic carbocycles. The number of rotatable bonds is 4. The third-order valence-corrected chi connectivity index (χ3v) is 5.20. The first-order chi connectivity index (χ1) is 14.0. The molecule has 3 aromatic rings. The Bertz CT molecular complexity index is 1000. The number of nitrogens with one attached hydrogen (secondary N) is 1. The highest BCUT2D eigenvalue weighted by Crippen LogP contribution is 2.27. The Hall–Kier alpha value is -3.35. The molecule has 1 saturated heterocycles. The van der Waals surface area contributed by atoms with E-state index < -0.39 is 0 Å². The number of hydrogen-bond acceptors (Lipinski definition) is 5. The lowest BCUT2D eigenvalue weighted by molar-refractivity contribution is -0.120. The SMILES string of the molecule is CN(C)C(=O)c1cccc(NC(=O)C2CCN(c3nc4ccccc4o3)CC2)c1. The molecule has 0 spiro atoms. The summed E-state index contributed by atoms with van der Waals surface area (Å²) < 4.78 is 5.83. The second kappa shape index (κ2) is 7.95. The van der Waals surface area contributed by atoms with Crippen LogP contribution < -0.4 is 10.2 Å². The van der Waals surface area contributed by atoms with Crippen molar-refractivity contribution in [3.05, 3.63) is 54.1 Å². The Labute approximate surface area is 169 Å². The molecule has 1 aromatic heterocycles. The summed E-state index contributed by atoms with van der Waals surface area (Å²) in [5.41, 5.74) is 2.81. The molecule has 7 nitrogen and oxygen atoms in total. The monoisotopic (exact) mass is 392 g/mol.